The Kier molecular flexibility index (Phi) is 3.57. The molecule has 0 saturated carbocycles. The van der Waals surface area contributed by atoms with E-state index in [1.165, 1.54) is 6.07 Å². The largest absolute Gasteiger partial charge is 0.504 e. The minimum absolute atomic E-state index is 0.0701. The topological polar surface area (TPSA) is 52.5 Å². The van der Waals surface area contributed by atoms with Crippen LogP contribution < -0.4 is 4.34 Å². The Morgan fingerprint density at radius 1 is 1.38 bits per heavy atom. The summed E-state index contributed by atoms with van der Waals surface area (Å²) in [4.78, 5) is 0. The van der Waals surface area contributed by atoms with Gasteiger partial charge in [0, 0.05) is 22.2 Å². The van der Waals surface area contributed by atoms with Crippen molar-refractivity contribution < 1.29 is 10.2 Å². The molecule has 1 unspecified atom stereocenters. The molecule has 0 bridgehead atoms. The van der Waals surface area contributed by atoms with Crippen LogP contribution in [-0.4, -0.2) is 16.3 Å². The summed E-state index contributed by atoms with van der Waals surface area (Å²) in [6.45, 7) is 2.01. The summed E-state index contributed by atoms with van der Waals surface area (Å²) in [5.74, 6) is -0.150. The molecule has 1 aromatic rings. The molecule has 0 aliphatic heterocycles. The van der Waals surface area contributed by atoms with E-state index in [9.17, 15) is 5.11 Å². The quantitative estimate of drug-likeness (QED) is 0.564. The molecule has 3 N–H and O–H groups in total. The second-order valence-corrected chi connectivity index (χ2v) is 3.50. The van der Waals surface area contributed by atoms with E-state index in [1.807, 2.05) is 6.92 Å². The van der Waals surface area contributed by atoms with Crippen molar-refractivity contribution >= 4 is 16.1 Å². The fourth-order valence-electron chi connectivity index (χ4n) is 1.09. The highest BCUT2D eigenvalue weighted by molar-refractivity contribution is 9.08. The molecule has 0 heterocycles. The van der Waals surface area contributed by atoms with Gasteiger partial charge in [0.1, 0.15) is 0 Å². The molecular formula is C9H12BrNO2. The van der Waals surface area contributed by atoms with Crippen LogP contribution in [0.3, 0.4) is 0 Å². The van der Waals surface area contributed by atoms with Crippen LogP contribution in [0.5, 0.6) is 11.5 Å². The summed E-state index contributed by atoms with van der Waals surface area (Å²) in [5.41, 5.74) is 0.981. The van der Waals surface area contributed by atoms with Gasteiger partial charge in [-0.2, -0.15) is 0 Å². The van der Waals surface area contributed by atoms with Crippen LogP contribution in [0, 0.1) is 0 Å². The van der Waals surface area contributed by atoms with Crippen molar-refractivity contribution in [2.75, 3.05) is 0 Å². The van der Waals surface area contributed by atoms with Crippen molar-refractivity contribution in [2.24, 2.45) is 0 Å². The summed E-state index contributed by atoms with van der Waals surface area (Å²) < 4.78 is 2.92. The average molecular weight is 246 g/mol. The third-order valence-electron chi connectivity index (χ3n) is 1.77. The van der Waals surface area contributed by atoms with Crippen molar-refractivity contribution in [3.63, 3.8) is 0 Å². The molecule has 0 spiro atoms. The summed E-state index contributed by atoms with van der Waals surface area (Å²) in [5, 5.41) is 18.3. The van der Waals surface area contributed by atoms with E-state index in [1.54, 1.807) is 12.1 Å². The monoisotopic (exact) mass is 245 g/mol. The Labute approximate surface area is 85.7 Å². The Hall–Kier alpha value is -0.740. The maximum Gasteiger partial charge on any atom is 0.157 e. The van der Waals surface area contributed by atoms with Crippen LogP contribution in [0.15, 0.2) is 18.2 Å². The molecule has 0 aliphatic carbocycles. The molecule has 3 nitrogen and oxygen atoms in total. The number of aromatic hydroxyl groups is 2. The van der Waals surface area contributed by atoms with Crippen molar-refractivity contribution in [3.8, 4) is 11.5 Å². The zero-order valence-corrected chi connectivity index (χ0v) is 8.87. The van der Waals surface area contributed by atoms with Gasteiger partial charge in [0.05, 0.1) is 0 Å². The summed E-state index contributed by atoms with van der Waals surface area (Å²) in [6.07, 6.45) is 0.791. The van der Waals surface area contributed by atoms with Gasteiger partial charge in [-0.25, -0.2) is 0 Å². The fourth-order valence-corrected chi connectivity index (χ4v) is 1.25. The Morgan fingerprint density at radius 3 is 2.62 bits per heavy atom. The molecule has 72 valence electrons. The molecular weight excluding hydrogens is 234 g/mol. The Morgan fingerprint density at radius 2 is 2.08 bits per heavy atom. The lowest BCUT2D eigenvalue weighted by Crippen LogP contribution is -2.18. The number of phenolic OH excluding ortho intramolecular Hbond substituents is 2. The second-order valence-electron chi connectivity index (χ2n) is 3.04. The lowest BCUT2D eigenvalue weighted by atomic mass is 10.1. The van der Waals surface area contributed by atoms with Crippen LogP contribution in [0.1, 0.15) is 12.5 Å². The lowest BCUT2D eigenvalue weighted by molar-refractivity contribution is 0.403. The normalized spacial score (nSPS) is 12.8. The van der Waals surface area contributed by atoms with Crippen molar-refractivity contribution in [1.82, 2.24) is 4.34 Å². The molecule has 1 aromatic carbocycles. The van der Waals surface area contributed by atoms with E-state index in [0.717, 1.165) is 12.0 Å². The molecule has 0 aromatic heterocycles. The minimum Gasteiger partial charge on any atom is -0.504 e. The first-order valence-corrected chi connectivity index (χ1v) is 4.80. The zero-order valence-electron chi connectivity index (χ0n) is 7.29. The van der Waals surface area contributed by atoms with Gasteiger partial charge in [0.15, 0.2) is 11.5 Å². The molecule has 1 atom stereocenters. The van der Waals surface area contributed by atoms with Gasteiger partial charge in [-0.1, -0.05) is 6.07 Å². The van der Waals surface area contributed by atoms with E-state index in [2.05, 4.69) is 20.5 Å². The third-order valence-corrected chi connectivity index (χ3v) is 2.55. The number of rotatable bonds is 3. The predicted octanol–water partition coefficient (Wildman–Crippen LogP) is 1.93. The first-order chi connectivity index (χ1) is 6.13. The van der Waals surface area contributed by atoms with E-state index in [4.69, 9.17) is 5.11 Å². The van der Waals surface area contributed by atoms with Crippen LogP contribution >= 0.6 is 16.1 Å². The predicted molar refractivity (Wildman–Crippen MR) is 55.0 cm³/mol. The molecule has 0 saturated heterocycles. The fraction of sp³-hybridized carbons (Fsp3) is 0.333. The highest BCUT2D eigenvalue weighted by Gasteiger charge is 2.04. The molecule has 13 heavy (non-hydrogen) atoms. The van der Waals surface area contributed by atoms with Gasteiger partial charge in [-0.3, -0.25) is 4.34 Å². The maximum absolute atomic E-state index is 9.20. The summed E-state index contributed by atoms with van der Waals surface area (Å²) >= 11 is 3.14. The van der Waals surface area contributed by atoms with Crippen molar-refractivity contribution in [1.29, 1.82) is 0 Å². The second kappa shape index (κ2) is 4.48. The average Bonchev–Trinajstić information content (AvgIpc) is 2.11. The van der Waals surface area contributed by atoms with E-state index in [0.29, 0.717) is 0 Å². The Bertz CT molecular complexity index is 291. The summed E-state index contributed by atoms with van der Waals surface area (Å²) in [7, 11) is 0. The third kappa shape index (κ3) is 2.90. The number of benzene rings is 1. The highest BCUT2D eigenvalue weighted by Crippen LogP contribution is 2.25. The van der Waals surface area contributed by atoms with Crippen LogP contribution in [-0.2, 0) is 6.42 Å². The van der Waals surface area contributed by atoms with Crippen molar-refractivity contribution in [3.05, 3.63) is 23.8 Å². The highest BCUT2D eigenvalue weighted by atomic mass is 79.9. The number of halogens is 1. The van der Waals surface area contributed by atoms with Gasteiger partial charge < -0.3 is 10.2 Å². The van der Waals surface area contributed by atoms with Gasteiger partial charge in [-0.15, -0.1) is 0 Å². The van der Waals surface area contributed by atoms with E-state index < -0.39 is 0 Å². The van der Waals surface area contributed by atoms with Crippen LogP contribution in [0.4, 0.5) is 0 Å². The molecule has 0 radical (unpaired) electrons. The van der Waals surface area contributed by atoms with Gasteiger partial charge in [-0.05, 0) is 31.0 Å². The first kappa shape index (κ1) is 10.3. The molecule has 1 rings (SSSR count). The maximum atomic E-state index is 9.20. The molecule has 0 aliphatic rings. The number of nitrogens with one attached hydrogen (secondary N) is 1. The number of hydrogen-bond acceptors (Lipinski definition) is 3. The molecule has 4 heteroatoms. The molecule has 0 amide bonds. The van der Waals surface area contributed by atoms with E-state index >= 15 is 0 Å². The Balaban J connectivity index is 2.73. The lowest BCUT2D eigenvalue weighted by Gasteiger charge is -2.08. The smallest absolute Gasteiger partial charge is 0.157 e. The summed E-state index contributed by atoms with van der Waals surface area (Å²) in [6, 6.07) is 5.13. The van der Waals surface area contributed by atoms with Crippen LogP contribution in [0.25, 0.3) is 0 Å². The first-order valence-electron chi connectivity index (χ1n) is 4.00. The van der Waals surface area contributed by atoms with Gasteiger partial charge in [0.2, 0.25) is 0 Å². The SMILES string of the molecule is CC(Cc1ccc(O)c(O)c1)NBr. The minimum atomic E-state index is -0.0804. The number of phenols is 2. The van der Waals surface area contributed by atoms with Crippen LogP contribution in [0.2, 0.25) is 0 Å². The zero-order chi connectivity index (χ0) is 9.84. The van der Waals surface area contributed by atoms with E-state index in [-0.39, 0.29) is 17.5 Å². The standard InChI is InChI=1S/C9H12BrNO2/c1-6(11-10)4-7-2-3-8(12)9(13)5-7/h2-3,5-6,11-13H,4H2,1H3. The van der Waals surface area contributed by atoms with Gasteiger partial charge >= 0.3 is 0 Å². The van der Waals surface area contributed by atoms with Gasteiger partial charge in [0.25, 0.3) is 0 Å². The number of hydrogen-bond donors (Lipinski definition) is 3. The molecule has 0 fully saturated rings. The van der Waals surface area contributed by atoms with Crippen molar-refractivity contribution in [2.45, 2.75) is 19.4 Å².